The zero-order valence-corrected chi connectivity index (χ0v) is 17.1. The second kappa shape index (κ2) is 7.58. The molecule has 158 valence electrons. The molecule has 0 aliphatic carbocycles. The lowest BCUT2D eigenvalue weighted by atomic mass is 10.1. The van der Waals surface area contributed by atoms with Crippen molar-refractivity contribution in [1.29, 1.82) is 0 Å². The van der Waals surface area contributed by atoms with Gasteiger partial charge in [-0.25, -0.2) is 9.18 Å². The molecule has 6 nitrogen and oxygen atoms in total. The van der Waals surface area contributed by atoms with E-state index in [1.165, 1.54) is 47.0 Å². The van der Waals surface area contributed by atoms with Crippen molar-refractivity contribution in [2.75, 3.05) is 0 Å². The van der Waals surface area contributed by atoms with Gasteiger partial charge in [0.15, 0.2) is 11.3 Å². The van der Waals surface area contributed by atoms with Gasteiger partial charge in [-0.2, -0.15) is 0 Å². The van der Waals surface area contributed by atoms with Gasteiger partial charge in [-0.15, -0.1) is 0 Å². The number of rotatable bonds is 3. The Balaban J connectivity index is 1.87. The summed E-state index contributed by atoms with van der Waals surface area (Å²) in [7, 11) is 0. The summed E-state index contributed by atoms with van der Waals surface area (Å²) in [5.74, 6) is -1.03. The van der Waals surface area contributed by atoms with Gasteiger partial charge in [0.2, 0.25) is 0 Å². The fourth-order valence-corrected chi connectivity index (χ4v) is 4.39. The summed E-state index contributed by atoms with van der Waals surface area (Å²) in [6, 6.07) is 18.4. The van der Waals surface area contributed by atoms with Crippen molar-refractivity contribution in [2.24, 2.45) is 0 Å². The third-order valence-electron chi connectivity index (χ3n) is 4.99. The third kappa shape index (κ3) is 3.21. The molecule has 0 aliphatic rings. The second-order valence-corrected chi connectivity index (χ2v) is 8.09. The lowest BCUT2D eigenvalue weighted by Crippen LogP contribution is -2.20. The lowest BCUT2D eigenvalue weighted by Gasteiger charge is -2.14. The number of hydrogen-bond acceptors (Lipinski definition) is 6. The Morgan fingerprint density at radius 3 is 2.34 bits per heavy atom. The Labute approximate surface area is 183 Å². The highest BCUT2D eigenvalue weighted by Crippen LogP contribution is 2.38. The van der Waals surface area contributed by atoms with Crippen LogP contribution in [0, 0.1) is 5.82 Å². The largest absolute Gasteiger partial charge is 0.508 e. The molecule has 0 aliphatic heterocycles. The SMILES string of the molecule is O=c1oc2c(c(O)c1Sc1ccc(F)cc1)c(=O)n(-c1ccccc1)c1cc(O)ccc21. The summed E-state index contributed by atoms with van der Waals surface area (Å²) in [6.45, 7) is 0. The smallest absolute Gasteiger partial charge is 0.354 e. The number of aromatic hydroxyl groups is 2. The summed E-state index contributed by atoms with van der Waals surface area (Å²) in [5, 5.41) is 21.2. The molecular weight excluding hydrogens is 433 g/mol. The number of pyridine rings is 1. The maximum absolute atomic E-state index is 13.5. The number of phenols is 1. The number of aromatic nitrogens is 1. The van der Waals surface area contributed by atoms with Gasteiger partial charge in [-0.05, 0) is 48.5 Å². The van der Waals surface area contributed by atoms with Crippen LogP contribution < -0.4 is 11.2 Å². The van der Waals surface area contributed by atoms with Crippen LogP contribution in [0.15, 0.2) is 96.6 Å². The highest BCUT2D eigenvalue weighted by molar-refractivity contribution is 7.99. The van der Waals surface area contributed by atoms with Gasteiger partial charge in [-0.1, -0.05) is 30.0 Å². The van der Waals surface area contributed by atoms with Crippen LogP contribution in [0.4, 0.5) is 4.39 Å². The van der Waals surface area contributed by atoms with E-state index in [9.17, 15) is 24.2 Å². The third-order valence-corrected chi connectivity index (χ3v) is 6.06. The summed E-state index contributed by atoms with van der Waals surface area (Å²) in [6.07, 6.45) is 0. The minimum Gasteiger partial charge on any atom is -0.508 e. The van der Waals surface area contributed by atoms with E-state index in [-0.39, 0.29) is 21.6 Å². The van der Waals surface area contributed by atoms with Crippen molar-refractivity contribution in [3.63, 3.8) is 0 Å². The maximum atomic E-state index is 13.5. The fraction of sp³-hybridized carbons (Fsp3) is 0. The van der Waals surface area contributed by atoms with Gasteiger partial charge < -0.3 is 14.6 Å². The highest BCUT2D eigenvalue weighted by Gasteiger charge is 2.23. The minimum absolute atomic E-state index is 0.0732. The van der Waals surface area contributed by atoms with Crippen LogP contribution >= 0.6 is 11.8 Å². The first-order chi connectivity index (χ1) is 15.4. The Bertz CT molecular complexity index is 1610. The van der Waals surface area contributed by atoms with E-state index in [0.717, 1.165) is 11.8 Å². The van der Waals surface area contributed by atoms with Crippen LogP contribution in [0.2, 0.25) is 0 Å². The van der Waals surface area contributed by atoms with Gasteiger partial charge >= 0.3 is 5.63 Å². The van der Waals surface area contributed by atoms with Crippen LogP contribution in [0.5, 0.6) is 11.5 Å². The van der Waals surface area contributed by atoms with E-state index >= 15 is 0 Å². The molecule has 2 heterocycles. The van der Waals surface area contributed by atoms with Crippen molar-refractivity contribution in [1.82, 2.24) is 4.57 Å². The van der Waals surface area contributed by atoms with Crippen LogP contribution in [-0.2, 0) is 0 Å². The van der Waals surface area contributed by atoms with Crippen molar-refractivity contribution in [3.05, 3.63) is 99.4 Å². The fourth-order valence-electron chi connectivity index (χ4n) is 3.56. The molecule has 32 heavy (non-hydrogen) atoms. The summed E-state index contributed by atoms with van der Waals surface area (Å²) >= 11 is 0.872. The molecule has 3 aromatic carbocycles. The standard InChI is InChI=1S/C24H14FNO5S/c25-13-6-9-16(10-7-13)32-22-20(28)19-21(31-24(22)30)17-11-8-15(27)12-18(17)26(23(19)29)14-4-2-1-3-5-14/h1-12,27-28H. The van der Waals surface area contributed by atoms with Crippen LogP contribution in [0.25, 0.3) is 27.6 Å². The first-order valence-electron chi connectivity index (χ1n) is 9.50. The quantitative estimate of drug-likeness (QED) is 0.386. The Hall–Kier alpha value is -4.04. The van der Waals surface area contributed by atoms with Gasteiger partial charge in [0.1, 0.15) is 21.8 Å². The highest BCUT2D eigenvalue weighted by atomic mass is 32.2. The van der Waals surface area contributed by atoms with Gasteiger partial charge in [0.05, 0.1) is 5.52 Å². The van der Waals surface area contributed by atoms with Crippen molar-refractivity contribution in [2.45, 2.75) is 9.79 Å². The number of phenolic OH excluding ortho intramolecular Hbond substituents is 1. The Morgan fingerprint density at radius 2 is 1.62 bits per heavy atom. The molecule has 0 amide bonds. The molecule has 0 saturated heterocycles. The van der Waals surface area contributed by atoms with Crippen LogP contribution in [0.3, 0.4) is 0 Å². The van der Waals surface area contributed by atoms with E-state index in [1.807, 2.05) is 0 Å². The Kier molecular flexibility index (Phi) is 4.71. The van der Waals surface area contributed by atoms with E-state index in [2.05, 4.69) is 0 Å². The molecule has 0 atom stereocenters. The summed E-state index contributed by atoms with van der Waals surface area (Å²) in [4.78, 5) is 26.6. The van der Waals surface area contributed by atoms with Gasteiger partial charge in [0, 0.05) is 22.0 Å². The topological polar surface area (TPSA) is 92.7 Å². The molecule has 0 unspecified atom stereocenters. The number of nitrogens with zero attached hydrogens (tertiary/aromatic N) is 1. The first kappa shape index (κ1) is 19.9. The normalized spacial score (nSPS) is 11.3. The van der Waals surface area contributed by atoms with Crippen molar-refractivity contribution < 1.29 is 19.0 Å². The average molecular weight is 447 g/mol. The first-order valence-corrected chi connectivity index (χ1v) is 10.3. The number of hydrogen-bond donors (Lipinski definition) is 2. The number of halogens is 1. The molecule has 2 N–H and O–H groups in total. The zero-order valence-electron chi connectivity index (χ0n) is 16.3. The number of benzene rings is 3. The molecule has 8 heteroatoms. The average Bonchev–Trinajstić information content (AvgIpc) is 2.78. The van der Waals surface area contributed by atoms with Gasteiger partial charge in [0.25, 0.3) is 5.56 Å². The van der Waals surface area contributed by atoms with Crippen molar-refractivity contribution >= 4 is 33.6 Å². The maximum Gasteiger partial charge on any atom is 0.354 e. The van der Waals surface area contributed by atoms with E-state index in [0.29, 0.717) is 21.5 Å². The lowest BCUT2D eigenvalue weighted by molar-refractivity contribution is 0.447. The molecule has 0 fully saturated rings. The number of fused-ring (bicyclic) bond motifs is 3. The zero-order chi connectivity index (χ0) is 22.4. The van der Waals surface area contributed by atoms with Crippen LogP contribution in [0.1, 0.15) is 0 Å². The van der Waals surface area contributed by atoms with E-state index < -0.39 is 22.8 Å². The second-order valence-electron chi connectivity index (χ2n) is 7.00. The molecule has 5 aromatic rings. The number of para-hydroxylation sites is 1. The van der Waals surface area contributed by atoms with E-state index in [1.54, 1.807) is 30.3 Å². The predicted molar refractivity (Wildman–Crippen MR) is 119 cm³/mol. The molecular formula is C24H14FNO5S. The molecule has 5 rings (SSSR count). The monoisotopic (exact) mass is 447 g/mol. The minimum atomic E-state index is -0.837. The molecule has 0 bridgehead atoms. The molecule has 2 aromatic heterocycles. The van der Waals surface area contributed by atoms with Gasteiger partial charge in [-0.3, -0.25) is 9.36 Å². The molecule has 0 spiro atoms. The molecule has 0 radical (unpaired) electrons. The van der Waals surface area contributed by atoms with E-state index in [4.69, 9.17) is 4.42 Å². The summed E-state index contributed by atoms with van der Waals surface area (Å²) < 4.78 is 20.1. The summed E-state index contributed by atoms with van der Waals surface area (Å²) in [5.41, 5.74) is -0.714. The predicted octanol–water partition coefficient (Wildman–Crippen LogP) is 4.80. The molecule has 0 saturated carbocycles. The Morgan fingerprint density at radius 1 is 0.906 bits per heavy atom. The van der Waals surface area contributed by atoms with Crippen molar-refractivity contribution in [3.8, 4) is 17.2 Å². The van der Waals surface area contributed by atoms with Crippen LogP contribution in [-0.4, -0.2) is 14.8 Å².